The number of rotatable bonds is 7. The van der Waals surface area contributed by atoms with Crippen molar-refractivity contribution in [1.29, 1.82) is 5.26 Å². The third kappa shape index (κ3) is 4.45. The van der Waals surface area contributed by atoms with Gasteiger partial charge in [0.2, 0.25) is 0 Å². The van der Waals surface area contributed by atoms with Crippen molar-refractivity contribution in [2.45, 2.75) is 51.9 Å². The van der Waals surface area contributed by atoms with Gasteiger partial charge in [0.15, 0.2) is 0 Å². The summed E-state index contributed by atoms with van der Waals surface area (Å²) in [5.41, 5.74) is 0.976. The normalized spacial score (nSPS) is 12.8. The lowest BCUT2D eigenvalue weighted by atomic mass is 9.78. The molecule has 1 aromatic carbocycles. The average Bonchev–Trinajstić information content (AvgIpc) is 2.38. The minimum Gasteiger partial charge on any atom is -0.508 e. The number of aromatic hydroxyl groups is 1. The Hall–Kier alpha value is -1.69. The monoisotopic (exact) mass is 275 g/mol. The van der Waals surface area contributed by atoms with Crippen LogP contribution in [0.15, 0.2) is 18.2 Å². The van der Waals surface area contributed by atoms with E-state index in [0.29, 0.717) is 12.3 Å². The molecule has 3 heteroatoms. The number of phenolic OH excluding ortho intramolecular Hbond substituents is 1. The zero-order valence-electron chi connectivity index (χ0n) is 12.9. The van der Waals surface area contributed by atoms with Gasteiger partial charge >= 0.3 is 0 Å². The SMILES string of the molecule is COc1ccc(O)cc1C(C)(C)CCCC(C)CC#N. The molecule has 0 heterocycles. The van der Waals surface area contributed by atoms with Crippen molar-refractivity contribution >= 4 is 0 Å². The molecule has 20 heavy (non-hydrogen) atoms. The first-order valence-corrected chi connectivity index (χ1v) is 7.15. The van der Waals surface area contributed by atoms with Crippen molar-refractivity contribution in [3.8, 4) is 17.6 Å². The number of nitriles is 1. The van der Waals surface area contributed by atoms with Crippen molar-refractivity contribution in [2.75, 3.05) is 7.11 Å². The zero-order chi connectivity index (χ0) is 15.2. The van der Waals surface area contributed by atoms with Gasteiger partial charge in [-0.15, -0.1) is 0 Å². The van der Waals surface area contributed by atoms with Crippen LogP contribution >= 0.6 is 0 Å². The third-order valence-electron chi connectivity index (χ3n) is 3.85. The maximum atomic E-state index is 9.69. The van der Waals surface area contributed by atoms with E-state index in [2.05, 4.69) is 26.8 Å². The first-order chi connectivity index (χ1) is 9.40. The molecule has 0 radical (unpaired) electrons. The number of hydrogen-bond donors (Lipinski definition) is 1. The molecular weight excluding hydrogens is 250 g/mol. The predicted octanol–water partition coefficient (Wildman–Crippen LogP) is 4.40. The number of methoxy groups -OCH3 is 1. The molecule has 110 valence electrons. The van der Waals surface area contributed by atoms with E-state index in [9.17, 15) is 5.11 Å². The molecule has 0 aliphatic rings. The van der Waals surface area contributed by atoms with Crippen LogP contribution in [0.3, 0.4) is 0 Å². The second-order valence-corrected chi connectivity index (χ2v) is 6.13. The number of nitrogens with zero attached hydrogens (tertiary/aromatic N) is 1. The van der Waals surface area contributed by atoms with Crippen molar-refractivity contribution in [3.05, 3.63) is 23.8 Å². The van der Waals surface area contributed by atoms with Crippen LogP contribution in [-0.2, 0) is 5.41 Å². The number of benzene rings is 1. The molecule has 1 aromatic rings. The van der Waals surface area contributed by atoms with Crippen molar-refractivity contribution in [1.82, 2.24) is 0 Å². The lowest BCUT2D eigenvalue weighted by molar-refractivity contribution is 0.369. The van der Waals surface area contributed by atoms with Crippen LogP contribution in [0, 0.1) is 17.2 Å². The molecule has 0 amide bonds. The molecule has 1 atom stereocenters. The Morgan fingerprint density at radius 2 is 2.10 bits per heavy atom. The Labute approximate surface area is 122 Å². The van der Waals surface area contributed by atoms with Crippen molar-refractivity contribution < 1.29 is 9.84 Å². The Bertz CT molecular complexity index is 474. The van der Waals surface area contributed by atoms with Crippen LogP contribution in [0.25, 0.3) is 0 Å². The summed E-state index contributed by atoms with van der Waals surface area (Å²) in [6.45, 7) is 6.45. The molecule has 1 N–H and O–H groups in total. The Balaban J connectivity index is 2.73. The maximum Gasteiger partial charge on any atom is 0.122 e. The molecule has 0 saturated carbocycles. The van der Waals surface area contributed by atoms with E-state index in [1.807, 2.05) is 6.07 Å². The van der Waals surface area contributed by atoms with Crippen LogP contribution in [-0.4, -0.2) is 12.2 Å². The van der Waals surface area contributed by atoms with Gasteiger partial charge in [-0.2, -0.15) is 5.26 Å². The Morgan fingerprint density at radius 1 is 1.40 bits per heavy atom. The van der Waals surface area contributed by atoms with Gasteiger partial charge in [0.1, 0.15) is 11.5 Å². The third-order valence-corrected chi connectivity index (χ3v) is 3.85. The first-order valence-electron chi connectivity index (χ1n) is 7.15. The maximum absolute atomic E-state index is 9.69. The van der Waals surface area contributed by atoms with Crippen LogP contribution in [0.2, 0.25) is 0 Å². The molecule has 3 nitrogen and oxygen atoms in total. The number of phenols is 1. The van der Waals surface area contributed by atoms with Crippen LogP contribution in [0.1, 0.15) is 52.0 Å². The molecule has 1 unspecified atom stereocenters. The largest absolute Gasteiger partial charge is 0.508 e. The van der Waals surface area contributed by atoms with Gasteiger partial charge in [-0.25, -0.2) is 0 Å². The molecule has 0 aliphatic heterocycles. The van der Waals surface area contributed by atoms with Crippen LogP contribution < -0.4 is 4.74 Å². The fourth-order valence-electron chi connectivity index (χ4n) is 2.51. The standard InChI is InChI=1S/C17H25NO2/c1-13(9-11-18)6-5-10-17(2,3)15-12-14(19)7-8-16(15)20-4/h7-8,12-13,19H,5-6,9-10H2,1-4H3. The quantitative estimate of drug-likeness (QED) is 0.802. The highest BCUT2D eigenvalue weighted by Gasteiger charge is 2.24. The average molecular weight is 275 g/mol. The lowest BCUT2D eigenvalue weighted by Gasteiger charge is -2.27. The molecule has 0 aliphatic carbocycles. The highest BCUT2D eigenvalue weighted by atomic mass is 16.5. The molecular formula is C17H25NO2. The fraction of sp³-hybridized carbons (Fsp3) is 0.588. The molecule has 0 saturated heterocycles. The summed E-state index contributed by atoms with van der Waals surface area (Å²) >= 11 is 0. The van der Waals surface area contributed by atoms with E-state index in [1.54, 1.807) is 19.2 Å². The van der Waals surface area contributed by atoms with Crippen molar-refractivity contribution in [2.24, 2.45) is 5.92 Å². The topological polar surface area (TPSA) is 53.2 Å². The summed E-state index contributed by atoms with van der Waals surface area (Å²) in [4.78, 5) is 0. The molecule has 1 rings (SSSR count). The number of ether oxygens (including phenoxy) is 1. The Kier molecular flexibility index (Phi) is 5.88. The van der Waals surface area contributed by atoms with E-state index >= 15 is 0 Å². The van der Waals surface area contributed by atoms with Gasteiger partial charge in [0, 0.05) is 12.0 Å². The smallest absolute Gasteiger partial charge is 0.122 e. The van der Waals surface area contributed by atoms with E-state index < -0.39 is 0 Å². The minimum absolute atomic E-state index is 0.0591. The van der Waals surface area contributed by atoms with Crippen molar-refractivity contribution in [3.63, 3.8) is 0 Å². The van der Waals surface area contributed by atoms with Gasteiger partial charge in [0.25, 0.3) is 0 Å². The highest BCUT2D eigenvalue weighted by Crippen LogP contribution is 2.37. The summed E-state index contributed by atoms with van der Waals surface area (Å²) < 4.78 is 5.40. The lowest BCUT2D eigenvalue weighted by Crippen LogP contribution is -2.18. The molecule has 0 bridgehead atoms. The fourth-order valence-corrected chi connectivity index (χ4v) is 2.51. The summed E-state index contributed by atoms with van der Waals surface area (Å²) in [6, 6.07) is 7.47. The molecule has 0 fully saturated rings. The van der Waals surface area contributed by atoms with Gasteiger partial charge < -0.3 is 9.84 Å². The minimum atomic E-state index is -0.0591. The van der Waals surface area contributed by atoms with Gasteiger partial charge in [0.05, 0.1) is 13.2 Å². The van der Waals surface area contributed by atoms with Gasteiger partial charge in [-0.3, -0.25) is 0 Å². The second kappa shape index (κ2) is 7.19. The predicted molar refractivity (Wildman–Crippen MR) is 80.9 cm³/mol. The zero-order valence-corrected chi connectivity index (χ0v) is 12.9. The van der Waals surface area contributed by atoms with Crippen LogP contribution in [0.4, 0.5) is 0 Å². The Morgan fingerprint density at radius 3 is 2.70 bits per heavy atom. The van der Waals surface area contributed by atoms with E-state index in [0.717, 1.165) is 30.6 Å². The van der Waals surface area contributed by atoms with Crippen LogP contribution in [0.5, 0.6) is 11.5 Å². The second-order valence-electron chi connectivity index (χ2n) is 6.13. The summed E-state index contributed by atoms with van der Waals surface area (Å²) in [5, 5.41) is 18.4. The highest BCUT2D eigenvalue weighted by molar-refractivity contribution is 5.43. The number of hydrogen-bond acceptors (Lipinski definition) is 3. The summed E-state index contributed by atoms with van der Waals surface area (Å²) in [5.74, 6) is 1.53. The van der Waals surface area contributed by atoms with E-state index in [4.69, 9.17) is 10.00 Å². The molecule has 0 aromatic heterocycles. The van der Waals surface area contributed by atoms with E-state index in [1.165, 1.54) is 0 Å². The van der Waals surface area contributed by atoms with E-state index in [-0.39, 0.29) is 11.2 Å². The van der Waals surface area contributed by atoms with Gasteiger partial charge in [-0.1, -0.05) is 27.2 Å². The van der Waals surface area contributed by atoms with Gasteiger partial charge in [-0.05, 0) is 42.4 Å². The molecule has 0 spiro atoms. The summed E-state index contributed by atoms with van der Waals surface area (Å²) in [7, 11) is 1.65. The first kappa shape index (κ1) is 16.4. The summed E-state index contributed by atoms with van der Waals surface area (Å²) in [6.07, 6.45) is 3.74.